The largest absolute Gasteiger partial charge is 0.378 e. The van der Waals surface area contributed by atoms with Crippen molar-refractivity contribution in [3.63, 3.8) is 0 Å². The molecular weight excluding hydrogens is 354 g/mol. The first-order valence-corrected chi connectivity index (χ1v) is 10.6. The monoisotopic (exact) mass is 381 g/mol. The number of morpholine rings is 1. The Labute approximate surface area is 155 Å². The predicted molar refractivity (Wildman–Crippen MR) is 98.6 cm³/mol. The molecule has 1 amide bonds. The number of rotatable bonds is 5. The van der Waals surface area contributed by atoms with Crippen LogP contribution < -0.4 is 10.0 Å². The van der Waals surface area contributed by atoms with Gasteiger partial charge in [0.2, 0.25) is 10.0 Å². The molecule has 0 aromatic heterocycles. The van der Waals surface area contributed by atoms with Crippen LogP contribution in [0, 0.1) is 5.41 Å². The molecule has 0 radical (unpaired) electrons. The molecule has 0 atom stereocenters. The fourth-order valence-corrected chi connectivity index (χ4v) is 4.48. The average Bonchev–Trinajstić information content (AvgIpc) is 2.67. The molecule has 2 aliphatic rings. The minimum absolute atomic E-state index is 0.0233. The molecule has 2 heterocycles. The number of hydrogen-bond acceptors (Lipinski definition) is 5. The molecule has 2 aliphatic heterocycles. The lowest BCUT2D eigenvalue weighted by Crippen LogP contribution is -2.42. The number of carbonyl (C=O) groups is 1. The first kappa shape index (κ1) is 19.3. The maximum Gasteiger partial charge on any atom is 0.254 e. The summed E-state index contributed by atoms with van der Waals surface area (Å²) in [5.41, 5.74) is 0.473. The predicted octanol–water partition coefficient (Wildman–Crippen LogP) is 0.827. The quantitative estimate of drug-likeness (QED) is 0.789. The standard InChI is InChI=1S/C18H27N3O4S/c1-18(6-8-19-9-7-18)14-20-26(23,24)16-4-2-15(3-5-16)17(22)21-10-12-25-13-11-21/h2-5,19-20H,6-14H2,1H3. The number of piperidine rings is 1. The third-order valence-corrected chi connectivity index (χ3v) is 6.63. The number of nitrogens with zero attached hydrogens (tertiary/aromatic N) is 1. The fourth-order valence-electron chi connectivity index (χ4n) is 3.29. The minimum atomic E-state index is -3.58. The molecule has 2 saturated heterocycles. The molecule has 0 unspecified atom stereocenters. The van der Waals surface area contributed by atoms with Crippen LogP contribution >= 0.6 is 0 Å². The van der Waals surface area contributed by atoms with Crippen molar-refractivity contribution in [1.29, 1.82) is 0 Å². The first-order valence-electron chi connectivity index (χ1n) is 9.07. The molecule has 1 aromatic rings. The third kappa shape index (κ3) is 4.62. The topological polar surface area (TPSA) is 87.7 Å². The van der Waals surface area contributed by atoms with Gasteiger partial charge < -0.3 is 15.0 Å². The van der Waals surface area contributed by atoms with E-state index in [0.29, 0.717) is 38.4 Å². The van der Waals surface area contributed by atoms with E-state index in [2.05, 4.69) is 17.0 Å². The maximum absolute atomic E-state index is 12.6. The molecule has 0 aliphatic carbocycles. The van der Waals surface area contributed by atoms with E-state index in [-0.39, 0.29) is 16.2 Å². The smallest absolute Gasteiger partial charge is 0.254 e. The van der Waals surface area contributed by atoms with Gasteiger partial charge in [-0.1, -0.05) is 6.92 Å². The summed E-state index contributed by atoms with van der Waals surface area (Å²) in [5.74, 6) is -0.0903. The third-order valence-electron chi connectivity index (χ3n) is 5.21. The number of amides is 1. The van der Waals surface area contributed by atoms with E-state index in [0.717, 1.165) is 25.9 Å². The maximum atomic E-state index is 12.6. The highest BCUT2D eigenvalue weighted by atomic mass is 32.2. The van der Waals surface area contributed by atoms with Crippen LogP contribution in [0.1, 0.15) is 30.1 Å². The highest BCUT2D eigenvalue weighted by Crippen LogP contribution is 2.27. The zero-order valence-corrected chi connectivity index (χ0v) is 16.0. The summed E-state index contributed by atoms with van der Waals surface area (Å²) in [7, 11) is -3.58. The Morgan fingerprint density at radius 2 is 1.81 bits per heavy atom. The molecule has 7 nitrogen and oxygen atoms in total. The van der Waals surface area contributed by atoms with Crippen LogP contribution in [0.25, 0.3) is 0 Å². The van der Waals surface area contributed by atoms with Gasteiger partial charge in [0.1, 0.15) is 0 Å². The summed E-state index contributed by atoms with van der Waals surface area (Å²) in [6.07, 6.45) is 1.89. The van der Waals surface area contributed by atoms with Crippen LogP contribution in [0.15, 0.2) is 29.2 Å². The normalized spacial score (nSPS) is 20.7. The van der Waals surface area contributed by atoms with E-state index < -0.39 is 10.0 Å². The second-order valence-electron chi connectivity index (χ2n) is 7.31. The second kappa shape index (κ2) is 8.04. The number of ether oxygens (including phenoxy) is 1. The molecule has 0 bridgehead atoms. The number of benzene rings is 1. The van der Waals surface area contributed by atoms with Crippen molar-refractivity contribution in [2.24, 2.45) is 5.41 Å². The van der Waals surface area contributed by atoms with Crippen molar-refractivity contribution < 1.29 is 17.9 Å². The molecule has 144 valence electrons. The zero-order chi connectivity index (χ0) is 18.6. The number of sulfonamides is 1. The molecule has 2 fully saturated rings. The van der Waals surface area contributed by atoms with Crippen LogP contribution in [0.5, 0.6) is 0 Å². The second-order valence-corrected chi connectivity index (χ2v) is 9.08. The molecule has 0 spiro atoms. The summed E-state index contributed by atoms with van der Waals surface area (Å²) in [5, 5.41) is 3.29. The molecular formula is C18H27N3O4S. The molecule has 0 saturated carbocycles. The Balaban J connectivity index is 1.63. The Kier molecular flexibility index (Phi) is 5.96. The van der Waals surface area contributed by atoms with E-state index >= 15 is 0 Å². The van der Waals surface area contributed by atoms with Gasteiger partial charge in [0.25, 0.3) is 5.91 Å². The average molecular weight is 381 g/mol. The van der Waals surface area contributed by atoms with E-state index in [1.165, 1.54) is 12.1 Å². The van der Waals surface area contributed by atoms with Gasteiger partial charge in [0, 0.05) is 25.2 Å². The van der Waals surface area contributed by atoms with E-state index in [1.807, 2.05) is 0 Å². The number of hydrogen-bond donors (Lipinski definition) is 2. The Bertz CT molecular complexity index is 721. The lowest BCUT2D eigenvalue weighted by molar-refractivity contribution is 0.0303. The van der Waals surface area contributed by atoms with Gasteiger partial charge in [-0.25, -0.2) is 13.1 Å². The van der Waals surface area contributed by atoms with Gasteiger partial charge in [0.05, 0.1) is 18.1 Å². The van der Waals surface area contributed by atoms with Crippen LogP contribution in [-0.4, -0.2) is 65.2 Å². The highest BCUT2D eigenvalue weighted by Gasteiger charge is 2.29. The highest BCUT2D eigenvalue weighted by molar-refractivity contribution is 7.89. The van der Waals surface area contributed by atoms with E-state index in [4.69, 9.17) is 4.74 Å². The zero-order valence-electron chi connectivity index (χ0n) is 15.2. The number of nitrogens with one attached hydrogen (secondary N) is 2. The summed E-state index contributed by atoms with van der Waals surface area (Å²) in [4.78, 5) is 14.3. The van der Waals surface area contributed by atoms with Gasteiger partial charge in [0.15, 0.2) is 0 Å². The van der Waals surface area contributed by atoms with Gasteiger partial charge in [-0.15, -0.1) is 0 Å². The van der Waals surface area contributed by atoms with Gasteiger partial charge in [-0.2, -0.15) is 0 Å². The Hall–Kier alpha value is -1.48. The van der Waals surface area contributed by atoms with Crippen molar-refractivity contribution in [3.8, 4) is 0 Å². The number of carbonyl (C=O) groups excluding carboxylic acids is 1. The van der Waals surface area contributed by atoms with Gasteiger partial charge >= 0.3 is 0 Å². The lowest BCUT2D eigenvalue weighted by Gasteiger charge is -2.34. The summed E-state index contributed by atoms with van der Waals surface area (Å²) >= 11 is 0. The fraction of sp³-hybridized carbons (Fsp3) is 0.611. The van der Waals surface area contributed by atoms with Gasteiger partial charge in [-0.3, -0.25) is 4.79 Å². The van der Waals surface area contributed by atoms with Crippen molar-refractivity contribution >= 4 is 15.9 Å². The van der Waals surface area contributed by atoms with Crippen LogP contribution in [0.2, 0.25) is 0 Å². The van der Waals surface area contributed by atoms with Crippen LogP contribution in [-0.2, 0) is 14.8 Å². The summed E-state index contributed by atoms with van der Waals surface area (Å²) in [6, 6.07) is 6.17. The van der Waals surface area contributed by atoms with Crippen LogP contribution in [0.4, 0.5) is 0 Å². The molecule has 3 rings (SSSR count). The van der Waals surface area contributed by atoms with E-state index in [9.17, 15) is 13.2 Å². The Morgan fingerprint density at radius 3 is 2.42 bits per heavy atom. The summed E-state index contributed by atoms with van der Waals surface area (Å²) in [6.45, 7) is 6.56. The molecule has 8 heteroatoms. The SMILES string of the molecule is CC1(CNS(=O)(=O)c2ccc(C(=O)N3CCOCC3)cc2)CCNCC1. The minimum Gasteiger partial charge on any atom is -0.378 e. The van der Waals surface area contributed by atoms with Crippen LogP contribution in [0.3, 0.4) is 0 Å². The van der Waals surface area contributed by atoms with Crippen molar-refractivity contribution in [3.05, 3.63) is 29.8 Å². The molecule has 2 N–H and O–H groups in total. The summed E-state index contributed by atoms with van der Waals surface area (Å²) < 4.78 is 33.1. The van der Waals surface area contributed by atoms with E-state index in [1.54, 1.807) is 17.0 Å². The Morgan fingerprint density at radius 1 is 1.19 bits per heavy atom. The lowest BCUT2D eigenvalue weighted by atomic mass is 9.81. The van der Waals surface area contributed by atoms with Crippen molar-refractivity contribution in [2.75, 3.05) is 45.9 Å². The molecule has 26 heavy (non-hydrogen) atoms. The van der Waals surface area contributed by atoms with Crippen molar-refractivity contribution in [2.45, 2.75) is 24.7 Å². The molecule has 1 aromatic carbocycles. The first-order chi connectivity index (χ1) is 12.4. The van der Waals surface area contributed by atoms with Gasteiger partial charge in [-0.05, 0) is 55.6 Å². The van der Waals surface area contributed by atoms with Crippen molar-refractivity contribution in [1.82, 2.24) is 14.9 Å².